The molecular weight excluding hydrogens is 422 g/mol. The molecule has 0 aliphatic carbocycles. The number of anilines is 2. The van der Waals surface area contributed by atoms with Crippen LogP contribution in [0.1, 0.15) is 23.1 Å². The molecule has 0 aliphatic heterocycles. The fourth-order valence-corrected chi connectivity index (χ4v) is 2.74. The molecule has 2 N–H and O–H groups in total. The van der Waals surface area contributed by atoms with Crippen LogP contribution in [-0.4, -0.2) is 33.9 Å². The van der Waals surface area contributed by atoms with Gasteiger partial charge in [-0.05, 0) is 36.4 Å². The van der Waals surface area contributed by atoms with Crippen molar-refractivity contribution in [3.05, 3.63) is 59.7 Å². The maximum absolute atomic E-state index is 13.7. The zero-order valence-corrected chi connectivity index (χ0v) is 16.1. The van der Waals surface area contributed by atoms with Crippen LogP contribution in [0.2, 0.25) is 0 Å². The number of hydrogen-bond donors (Lipinski definition) is 2. The number of methoxy groups -OCH3 is 1. The zero-order valence-electron chi connectivity index (χ0n) is 16.1. The Labute approximate surface area is 172 Å². The Balaban J connectivity index is 1.98. The third kappa shape index (κ3) is 4.79. The van der Waals surface area contributed by atoms with Gasteiger partial charge in [0.2, 0.25) is 5.91 Å². The summed E-state index contributed by atoms with van der Waals surface area (Å²) in [6.45, 7) is 1.25. The highest BCUT2D eigenvalue weighted by Crippen LogP contribution is 2.34. The van der Waals surface area contributed by atoms with Crippen LogP contribution < -0.4 is 15.4 Å². The van der Waals surface area contributed by atoms with Gasteiger partial charge in [-0.3, -0.25) is 9.59 Å². The lowest BCUT2D eigenvalue weighted by molar-refractivity contribution is -0.143. The first kappa shape index (κ1) is 21.7. The summed E-state index contributed by atoms with van der Waals surface area (Å²) in [7, 11) is 1.36. The number of carbonyl (C=O) groups excluding carboxylic acids is 2. The number of carbonyl (C=O) groups is 2. The SMILES string of the molecule is COc1ccc(NC(=O)c2nnn(-c3cccc(F)c3)c2C(F)(F)F)cc1NC(C)=O. The molecule has 0 unspecified atom stereocenters. The van der Waals surface area contributed by atoms with Gasteiger partial charge in [0.1, 0.15) is 11.6 Å². The van der Waals surface area contributed by atoms with Crippen LogP contribution >= 0.6 is 0 Å². The Morgan fingerprint density at radius 1 is 1.10 bits per heavy atom. The van der Waals surface area contributed by atoms with Crippen LogP contribution in [0.4, 0.5) is 28.9 Å². The van der Waals surface area contributed by atoms with E-state index in [1.807, 2.05) is 0 Å². The Morgan fingerprint density at radius 3 is 2.45 bits per heavy atom. The number of aromatic nitrogens is 3. The lowest BCUT2D eigenvalue weighted by Crippen LogP contribution is -2.21. The second kappa shape index (κ2) is 8.42. The standard InChI is InChI=1S/C19H15F4N5O3/c1-10(29)24-14-9-12(6-7-15(14)31-2)25-18(30)16-17(19(21,22)23)28(27-26-16)13-5-3-4-11(20)8-13/h3-9H,1-2H3,(H,24,29)(H,25,30). The first-order chi connectivity index (χ1) is 14.6. The number of rotatable bonds is 5. The van der Waals surface area contributed by atoms with Gasteiger partial charge in [0.05, 0.1) is 18.5 Å². The molecule has 0 radical (unpaired) electrons. The molecule has 162 valence electrons. The van der Waals surface area contributed by atoms with E-state index < -0.39 is 35.2 Å². The minimum absolute atomic E-state index is 0.0722. The number of nitrogens with one attached hydrogen (secondary N) is 2. The molecule has 2 amide bonds. The molecule has 3 rings (SSSR count). The van der Waals surface area contributed by atoms with Crippen LogP contribution in [0.25, 0.3) is 5.69 Å². The third-order valence-electron chi connectivity index (χ3n) is 3.97. The molecular formula is C19H15F4N5O3. The van der Waals surface area contributed by atoms with E-state index in [4.69, 9.17) is 4.74 Å². The molecule has 0 atom stereocenters. The van der Waals surface area contributed by atoms with Crippen molar-refractivity contribution in [2.45, 2.75) is 13.1 Å². The van der Waals surface area contributed by atoms with Crippen molar-refractivity contribution < 1.29 is 31.9 Å². The normalized spacial score (nSPS) is 11.2. The van der Waals surface area contributed by atoms with Crippen LogP contribution in [0, 0.1) is 5.82 Å². The van der Waals surface area contributed by atoms with Gasteiger partial charge in [-0.1, -0.05) is 11.3 Å². The highest BCUT2D eigenvalue weighted by Gasteiger charge is 2.42. The Morgan fingerprint density at radius 2 is 1.84 bits per heavy atom. The quantitative estimate of drug-likeness (QED) is 0.594. The number of amides is 2. The van der Waals surface area contributed by atoms with Gasteiger partial charge in [0, 0.05) is 12.6 Å². The van der Waals surface area contributed by atoms with Crippen LogP contribution in [0.5, 0.6) is 5.75 Å². The molecule has 0 bridgehead atoms. The lowest BCUT2D eigenvalue weighted by Gasteiger charge is -2.13. The van der Waals surface area contributed by atoms with E-state index >= 15 is 0 Å². The first-order valence-corrected chi connectivity index (χ1v) is 8.66. The molecule has 2 aromatic carbocycles. The monoisotopic (exact) mass is 437 g/mol. The number of hydrogen-bond acceptors (Lipinski definition) is 5. The first-order valence-electron chi connectivity index (χ1n) is 8.66. The minimum Gasteiger partial charge on any atom is -0.495 e. The largest absolute Gasteiger partial charge is 0.495 e. The highest BCUT2D eigenvalue weighted by atomic mass is 19.4. The number of nitrogens with zero attached hydrogens (tertiary/aromatic N) is 3. The summed E-state index contributed by atoms with van der Waals surface area (Å²) < 4.78 is 60.0. The summed E-state index contributed by atoms with van der Waals surface area (Å²) in [5.74, 6) is -2.12. The van der Waals surface area contributed by atoms with Crippen molar-refractivity contribution in [2.24, 2.45) is 0 Å². The van der Waals surface area contributed by atoms with Gasteiger partial charge < -0.3 is 15.4 Å². The fourth-order valence-electron chi connectivity index (χ4n) is 2.74. The lowest BCUT2D eigenvalue weighted by atomic mass is 10.2. The maximum atomic E-state index is 13.7. The molecule has 0 spiro atoms. The Bertz CT molecular complexity index is 1140. The fraction of sp³-hybridized carbons (Fsp3) is 0.158. The van der Waals surface area contributed by atoms with Crippen LogP contribution in [0.3, 0.4) is 0 Å². The van der Waals surface area contributed by atoms with E-state index in [1.165, 1.54) is 44.4 Å². The van der Waals surface area contributed by atoms with Gasteiger partial charge >= 0.3 is 6.18 Å². The van der Waals surface area contributed by atoms with Crippen molar-refractivity contribution in [1.82, 2.24) is 15.0 Å². The molecule has 0 aliphatic rings. The molecule has 0 saturated heterocycles. The minimum atomic E-state index is -5.01. The second-order valence-corrected chi connectivity index (χ2v) is 6.23. The zero-order chi connectivity index (χ0) is 22.8. The molecule has 1 aromatic heterocycles. The summed E-state index contributed by atoms with van der Waals surface area (Å²) in [5, 5.41) is 11.5. The summed E-state index contributed by atoms with van der Waals surface area (Å²) in [6.07, 6.45) is -5.01. The Kier molecular flexibility index (Phi) is 5.90. The summed E-state index contributed by atoms with van der Waals surface area (Å²) in [5.41, 5.74) is -2.45. The second-order valence-electron chi connectivity index (χ2n) is 6.23. The van der Waals surface area contributed by atoms with Crippen molar-refractivity contribution in [2.75, 3.05) is 17.7 Å². The van der Waals surface area contributed by atoms with E-state index in [0.29, 0.717) is 4.68 Å². The average Bonchev–Trinajstić information content (AvgIpc) is 3.14. The van der Waals surface area contributed by atoms with Gasteiger partial charge in [0.15, 0.2) is 11.4 Å². The molecule has 0 fully saturated rings. The molecule has 3 aromatic rings. The highest BCUT2D eigenvalue weighted by molar-refractivity contribution is 6.04. The summed E-state index contributed by atoms with van der Waals surface area (Å²) in [4.78, 5) is 23.9. The van der Waals surface area contributed by atoms with Crippen LogP contribution in [-0.2, 0) is 11.0 Å². The van der Waals surface area contributed by atoms with E-state index in [1.54, 1.807) is 0 Å². The molecule has 0 saturated carbocycles. The van der Waals surface area contributed by atoms with Gasteiger partial charge in [0.25, 0.3) is 5.91 Å². The molecule has 12 heteroatoms. The molecule has 1 heterocycles. The number of alkyl halides is 3. The number of halogens is 4. The van der Waals surface area contributed by atoms with E-state index in [-0.39, 0.29) is 22.8 Å². The predicted octanol–water partition coefficient (Wildman–Crippen LogP) is 3.64. The van der Waals surface area contributed by atoms with Crippen molar-refractivity contribution >= 4 is 23.2 Å². The predicted molar refractivity (Wildman–Crippen MR) is 102 cm³/mol. The molecule has 8 nitrogen and oxygen atoms in total. The van der Waals surface area contributed by atoms with Gasteiger partial charge in [-0.2, -0.15) is 13.2 Å². The average molecular weight is 437 g/mol. The number of benzene rings is 2. The van der Waals surface area contributed by atoms with E-state index in [2.05, 4.69) is 20.9 Å². The van der Waals surface area contributed by atoms with Crippen LogP contribution in [0.15, 0.2) is 42.5 Å². The number of ether oxygens (including phenoxy) is 1. The third-order valence-corrected chi connectivity index (χ3v) is 3.97. The smallest absolute Gasteiger partial charge is 0.435 e. The topological polar surface area (TPSA) is 98.1 Å². The summed E-state index contributed by atoms with van der Waals surface area (Å²) >= 11 is 0. The molecule has 31 heavy (non-hydrogen) atoms. The Hall–Kier alpha value is -3.96. The van der Waals surface area contributed by atoms with Gasteiger partial charge in [-0.25, -0.2) is 9.07 Å². The van der Waals surface area contributed by atoms with E-state index in [9.17, 15) is 27.2 Å². The van der Waals surface area contributed by atoms with Crippen molar-refractivity contribution in [3.63, 3.8) is 0 Å². The van der Waals surface area contributed by atoms with Crippen molar-refractivity contribution in [1.29, 1.82) is 0 Å². The summed E-state index contributed by atoms with van der Waals surface area (Å²) in [6, 6.07) is 8.36. The van der Waals surface area contributed by atoms with Gasteiger partial charge in [-0.15, -0.1) is 5.10 Å². The van der Waals surface area contributed by atoms with E-state index in [0.717, 1.165) is 12.1 Å². The maximum Gasteiger partial charge on any atom is 0.435 e. The van der Waals surface area contributed by atoms with Crippen molar-refractivity contribution in [3.8, 4) is 11.4 Å².